The molecule has 16 heavy (non-hydrogen) atoms. The third-order valence-electron chi connectivity index (χ3n) is 3.35. The molecule has 0 unspecified atom stereocenters. The molecular weight excluding hydrogens is 224 g/mol. The molecule has 5 heteroatoms. The third kappa shape index (κ3) is 4.39. The Balaban J connectivity index is 1.50. The van der Waals surface area contributed by atoms with Crippen molar-refractivity contribution in [2.75, 3.05) is 37.7 Å². The minimum Gasteiger partial charge on any atom is -0.314 e. The normalized spacial score (nSPS) is 25.8. The zero-order valence-electron chi connectivity index (χ0n) is 9.82. The van der Waals surface area contributed by atoms with Gasteiger partial charge >= 0.3 is 0 Å². The lowest BCUT2D eigenvalue weighted by molar-refractivity contribution is 0.288. The molecule has 2 rings (SSSR count). The molecule has 1 saturated heterocycles. The van der Waals surface area contributed by atoms with Crippen molar-refractivity contribution >= 4 is 9.84 Å². The molecular formula is C11H22N2O2S. The summed E-state index contributed by atoms with van der Waals surface area (Å²) in [6.45, 7) is 3.65. The summed E-state index contributed by atoms with van der Waals surface area (Å²) < 4.78 is 22.4. The lowest BCUT2D eigenvalue weighted by Gasteiger charge is -2.26. The highest BCUT2D eigenvalue weighted by Crippen LogP contribution is 2.18. The third-order valence-corrected chi connectivity index (χ3v) is 4.96. The number of hydrogen-bond acceptors (Lipinski definition) is 4. The van der Waals surface area contributed by atoms with Gasteiger partial charge in [-0.2, -0.15) is 0 Å². The molecule has 0 amide bonds. The van der Waals surface area contributed by atoms with Crippen LogP contribution in [0.1, 0.15) is 25.7 Å². The Labute approximate surface area is 98.3 Å². The summed E-state index contributed by atoms with van der Waals surface area (Å²) in [5.41, 5.74) is 0. The Hall–Kier alpha value is -0.130. The van der Waals surface area contributed by atoms with Crippen LogP contribution in [0.25, 0.3) is 0 Å². The molecule has 0 aromatic heterocycles. The van der Waals surface area contributed by atoms with Crippen LogP contribution < -0.4 is 5.32 Å². The predicted octanol–water partition coefficient (Wildman–Crippen LogP) is 0.249. The summed E-state index contributed by atoms with van der Waals surface area (Å²) in [4.78, 5) is 2.28. The minimum atomic E-state index is -2.71. The maximum atomic E-state index is 11.2. The Morgan fingerprint density at radius 2 is 1.81 bits per heavy atom. The molecule has 1 heterocycles. The average Bonchev–Trinajstić information content (AvgIpc) is 3.04. The van der Waals surface area contributed by atoms with Gasteiger partial charge in [-0.05, 0) is 38.8 Å². The van der Waals surface area contributed by atoms with Gasteiger partial charge < -0.3 is 10.2 Å². The first kappa shape index (κ1) is 12.3. The van der Waals surface area contributed by atoms with Crippen molar-refractivity contribution in [2.45, 2.75) is 31.7 Å². The van der Waals surface area contributed by atoms with E-state index in [1.54, 1.807) is 0 Å². The molecule has 1 aliphatic heterocycles. The van der Waals surface area contributed by atoms with Gasteiger partial charge in [-0.25, -0.2) is 8.42 Å². The Morgan fingerprint density at radius 3 is 2.44 bits per heavy atom. The Morgan fingerprint density at radius 1 is 1.12 bits per heavy atom. The summed E-state index contributed by atoms with van der Waals surface area (Å²) in [6.07, 6.45) is 5.09. The molecule has 2 aliphatic rings. The molecule has 0 bridgehead atoms. The van der Waals surface area contributed by atoms with Crippen LogP contribution in [0.3, 0.4) is 0 Å². The minimum absolute atomic E-state index is 0.354. The van der Waals surface area contributed by atoms with Crippen molar-refractivity contribution in [3.63, 3.8) is 0 Å². The first-order valence-corrected chi connectivity index (χ1v) is 8.14. The molecule has 1 aliphatic carbocycles. The van der Waals surface area contributed by atoms with Gasteiger partial charge in [-0.3, -0.25) is 0 Å². The van der Waals surface area contributed by atoms with E-state index in [4.69, 9.17) is 0 Å². The zero-order chi connectivity index (χ0) is 11.4. The number of hydrogen-bond donors (Lipinski definition) is 1. The highest BCUT2D eigenvalue weighted by molar-refractivity contribution is 7.91. The fraction of sp³-hybridized carbons (Fsp3) is 1.00. The number of nitrogens with zero attached hydrogens (tertiary/aromatic N) is 1. The van der Waals surface area contributed by atoms with Crippen molar-refractivity contribution in [3.05, 3.63) is 0 Å². The van der Waals surface area contributed by atoms with Gasteiger partial charge in [-0.1, -0.05) is 0 Å². The molecule has 0 aromatic carbocycles. The van der Waals surface area contributed by atoms with Crippen molar-refractivity contribution in [1.29, 1.82) is 0 Å². The molecule has 0 radical (unpaired) electrons. The Kier molecular flexibility index (Phi) is 4.21. The van der Waals surface area contributed by atoms with Crippen molar-refractivity contribution in [1.82, 2.24) is 10.2 Å². The van der Waals surface area contributed by atoms with Crippen LogP contribution in [-0.2, 0) is 9.84 Å². The standard InChI is InChI=1S/C11H22N2O2S/c14-16(15)9-7-13(8-10-16)6-2-1-5-12-11-3-4-11/h11-12H,1-10H2. The van der Waals surface area contributed by atoms with E-state index in [2.05, 4.69) is 10.2 Å². The maximum absolute atomic E-state index is 11.2. The average molecular weight is 246 g/mol. The van der Waals surface area contributed by atoms with Crippen molar-refractivity contribution < 1.29 is 8.42 Å². The highest BCUT2D eigenvalue weighted by atomic mass is 32.2. The SMILES string of the molecule is O=S1(=O)CCN(CCCCNC2CC2)CC1. The molecule has 1 N–H and O–H groups in total. The topological polar surface area (TPSA) is 49.4 Å². The van der Waals surface area contributed by atoms with E-state index in [-0.39, 0.29) is 0 Å². The molecule has 0 spiro atoms. The van der Waals surface area contributed by atoms with Crippen molar-refractivity contribution in [2.24, 2.45) is 0 Å². The van der Waals surface area contributed by atoms with E-state index in [0.29, 0.717) is 11.5 Å². The Bertz CT molecular complexity index is 298. The van der Waals surface area contributed by atoms with Crippen LogP contribution in [0.5, 0.6) is 0 Å². The lowest BCUT2D eigenvalue weighted by atomic mass is 10.3. The van der Waals surface area contributed by atoms with Gasteiger partial charge in [-0.15, -0.1) is 0 Å². The maximum Gasteiger partial charge on any atom is 0.152 e. The monoisotopic (exact) mass is 246 g/mol. The number of rotatable bonds is 6. The second kappa shape index (κ2) is 5.47. The fourth-order valence-electron chi connectivity index (χ4n) is 2.03. The van der Waals surface area contributed by atoms with E-state index < -0.39 is 9.84 Å². The van der Waals surface area contributed by atoms with Crippen LogP contribution in [0.4, 0.5) is 0 Å². The first-order valence-electron chi connectivity index (χ1n) is 6.32. The molecule has 0 atom stereocenters. The zero-order valence-corrected chi connectivity index (χ0v) is 10.6. The second-order valence-corrected chi connectivity index (χ2v) is 7.23. The van der Waals surface area contributed by atoms with Crippen LogP contribution >= 0.6 is 0 Å². The van der Waals surface area contributed by atoms with Crippen molar-refractivity contribution in [3.8, 4) is 0 Å². The largest absolute Gasteiger partial charge is 0.314 e. The van der Waals surface area contributed by atoms with Gasteiger partial charge in [0.1, 0.15) is 0 Å². The summed E-state index contributed by atoms with van der Waals surface area (Å²) in [5, 5.41) is 3.49. The lowest BCUT2D eigenvalue weighted by Crippen LogP contribution is -2.40. The quantitative estimate of drug-likeness (QED) is 0.683. The molecule has 1 saturated carbocycles. The van der Waals surface area contributed by atoms with Gasteiger partial charge in [0.05, 0.1) is 11.5 Å². The van der Waals surface area contributed by atoms with E-state index in [1.165, 1.54) is 25.7 Å². The van der Waals surface area contributed by atoms with Gasteiger partial charge in [0.25, 0.3) is 0 Å². The summed E-state index contributed by atoms with van der Waals surface area (Å²) in [5.74, 6) is 0.709. The van der Waals surface area contributed by atoms with Crippen LogP contribution in [-0.4, -0.2) is 57.0 Å². The highest BCUT2D eigenvalue weighted by Gasteiger charge is 2.21. The molecule has 2 fully saturated rings. The van der Waals surface area contributed by atoms with E-state index in [0.717, 1.165) is 32.2 Å². The number of unbranched alkanes of at least 4 members (excludes halogenated alkanes) is 1. The van der Waals surface area contributed by atoms with Gasteiger partial charge in [0.2, 0.25) is 0 Å². The summed E-state index contributed by atoms with van der Waals surface area (Å²) in [7, 11) is -2.71. The number of nitrogens with one attached hydrogen (secondary N) is 1. The fourth-order valence-corrected chi connectivity index (χ4v) is 3.30. The van der Waals surface area contributed by atoms with E-state index >= 15 is 0 Å². The van der Waals surface area contributed by atoms with Gasteiger partial charge in [0.15, 0.2) is 9.84 Å². The van der Waals surface area contributed by atoms with Crippen LogP contribution in [0.2, 0.25) is 0 Å². The number of sulfone groups is 1. The van der Waals surface area contributed by atoms with E-state index in [9.17, 15) is 8.42 Å². The second-order valence-electron chi connectivity index (χ2n) is 4.93. The summed E-state index contributed by atoms with van der Waals surface area (Å²) >= 11 is 0. The molecule has 4 nitrogen and oxygen atoms in total. The van der Waals surface area contributed by atoms with E-state index in [1.807, 2.05) is 0 Å². The summed E-state index contributed by atoms with van der Waals surface area (Å²) in [6, 6.07) is 0.806. The smallest absolute Gasteiger partial charge is 0.152 e. The predicted molar refractivity (Wildman–Crippen MR) is 65.4 cm³/mol. The van der Waals surface area contributed by atoms with Gasteiger partial charge in [0, 0.05) is 19.1 Å². The first-order chi connectivity index (χ1) is 7.66. The van der Waals surface area contributed by atoms with Crippen LogP contribution in [0.15, 0.2) is 0 Å². The molecule has 94 valence electrons. The molecule has 0 aromatic rings. The van der Waals surface area contributed by atoms with Crippen LogP contribution in [0, 0.1) is 0 Å².